The van der Waals surface area contributed by atoms with E-state index in [1.165, 1.54) is 19.4 Å². The summed E-state index contributed by atoms with van der Waals surface area (Å²) in [6.45, 7) is 3.09. The van der Waals surface area contributed by atoms with Gasteiger partial charge in [-0.05, 0) is 61.7 Å². The Hall–Kier alpha value is -1.62. The number of benzene rings is 1. The lowest BCUT2D eigenvalue weighted by molar-refractivity contribution is 0.258. The van der Waals surface area contributed by atoms with Crippen LogP contribution in [0, 0.1) is 0 Å². The van der Waals surface area contributed by atoms with Crippen molar-refractivity contribution in [2.45, 2.75) is 31.3 Å². The Labute approximate surface area is 147 Å². The van der Waals surface area contributed by atoms with E-state index in [4.69, 9.17) is 21.7 Å². The van der Waals surface area contributed by atoms with Gasteiger partial charge in [0, 0.05) is 30.4 Å². The third-order valence-corrected chi connectivity index (χ3v) is 4.84. The molecule has 24 heavy (non-hydrogen) atoms. The predicted molar refractivity (Wildman–Crippen MR) is 94.7 cm³/mol. The molecule has 1 aliphatic carbocycles. The second-order valence-electron chi connectivity index (χ2n) is 6.51. The van der Waals surface area contributed by atoms with E-state index in [1.54, 1.807) is 6.20 Å². The molecule has 2 aromatic rings. The standard InChI is InChI=1S/C19H21ClN3O/c20-15-2-6-17(7-3-15)24-18-10-14(11-21-12-18)19-13-23(16-4-5-16)9-1-8-22-19/h2-3,6-7,10-12,16,19H,1,4-5,8-9,13H2. The molecule has 1 unspecified atom stereocenters. The Morgan fingerprint density at radius 1 is 1.08 bits per heavy atom. The molecule has 4 nitrogen and oxygen atoms in total. The van der Waals surface area contributed by atoms with Crippen LogP contribution in [0.5, 0.6) is 11.5 Å². The zero-order valence-corrected chi connectivity index (χ0v) is 14.3. The highest BCUT2D eigenvalue weighted by Gasteiger charge is 2.32. The van der Waals surface area contributed by atoms with Crippen LogP contribution in [0.15, 0.2) is 42.7 Å². The summed E-state index contributed by atoms with van der Waals surface area (Å²) >= 11 is 5.92. The number of aromatic nitrogens is 1. The first-order valence-corrected chi connectivity index (χ1v) is 8.95. The summed E-state index contributed by atoms with van der Waals surface area (Å²) in [5.41, 5.74) is 1.13. The second kappa shape index (κ2) is 7.09. The quantitative estimate of drug-likeness (QED) is 0.841. The molecule has 2 fully saturated rings. The van der Waals surface area contributed by atoms with Crippen LogP contribution < -0.4 is 10.1 Å². The number of hydrogen-bond acceptors (Lipinski definition) is 3. The summed E-state index contributed by atoms with van der Waals surface area (Å²) in [5.74, 6) is 1.50. The minimum absolute atomic E-state index is 0.189. The van der Waals surface area contributed by atoms with E-state index in [1.807, 2.05) is 30.5 Å². The van der Waals surface area contributed by atoms with Crippen LogP contribution in [0.3, 0.4) is 0 Å². The number of nitrogens with zero attached hydrogens (tertiary/aromatic N) is 3. The second-order valence-corrected chi connectivity index (χ2v) is 6.95. The van der Waals surface area contributed by atoms with Gasteiger partial charge >= 0.3 is 0 Å². The summed E-state index contributed by atoms with van der Waals surface area (Å²) in [4.78, 5) is 6.95. The first-order valence-electron chi connectivity index (χ1n) is 8.57. The first-order chi connectivity index (χ1) is 11.8. The Balaban J connectivity index is 1.49. The molecule has 1 saturated carbocycles. The largest absolute Gasteiger partial charge is 0.456 e. The maximum atomic E-state index is 5.92. The highest BCUT2D eigenvalue weighted by Crippen LogP contribution is 2.31. The molecule has 1 aliphatic heterocycles. The van der Waals surface area contributed by atoms with Crippen molar-refractivity contribution >= 4 is 11.6 Å². The summed E-state index contributed by atoms with van der Waals surface area (Å²) in [7, 11) is 0. The Morgan fingerprint density at radius 3 is 2.71 bits per heavy atom. The van der Waals surface area contributed by atoms with Crippen molar-refractivity contribution in [2.75, 3.05) is 19.6 Å². The van der Waals surface area contributed by atoms with Gasteiger partial charge in [-0.2, -0.15) is 0 Å². The van der Waals surface area contributed by atoms with Crippen molar-refractivity contribution in [3.8, 4) is 11.5 Å². The number of halogens is 1. The SMILES string of the molecule is Clc1ccc(Oc2cncc(C3CN(C4CC4)CCC[N]3)c2)cc1. The lowest BCUT2D eigenvalue weighted by atomic mass is 10.1. The van der Waals surface area contributed by atoms with Crippen molar-refractivity contribution in [2.24, 2.45) is 0 Å². The zero-order chi connectivity index (χ0) is 16.4. The van der Waals surface area contributed by atoms with Gasteiger partial charge in [-0.25, -0.2) is 5.32 Å². The van der Waals surface area contributed by atoms with Gasteiger partial charge in [0.1, 0.15) is 11.5 Å². The third kappa shape index (κ3) is 3.89. The van der Waals surface area contributed by atoms with Crippen molar-refractivity contribution in [3.63, 3.8) is 0 Å². The minimum Gasteiger partial charge on any atom is -0.456 e. The van der Waals surface area contributed by atoms with Gasteiger partial charge in [-0.15, -0.1) is 0 Å². The lowest BCUT2D eigenvalue weighted by Gasteiger charge is -2.23. The summed E-state index contributed by atoms with van der Waals surface area (Å²) < 4.78 is 5.91. The van der Waals surface area contributed by atoms with Gasteiger partial charge in [0.05, 0.1) is 12.2 Å². The van der Waals surface area contributed by atoms with Crippen LogP contribution in [-0.2, 0) is 0 Å². The topological polar surface area (TPSA) is 39.5 Å². The van der Waals surface area contributed by atoms with E-state index in [0.29, 0.717) is 5.02 Å². The Bertz CT molecular complexity index is 687. The average Bonchev–Trinajstić information content (AvgIpc) is 3.43. The number of pyridine rings is 1. The number of rotatable bonds is 4. The summed E-state index contributed by atoms with van der Waals surface area (Å²) in [5, 5.41) is 5.56. The highest BCUT2D eigenvalue weighted by molar-refractivity contribution is 6.30. The van der Waals surface area contributed by atoms with Crippen LogP contribution in [0.1, 0.15) is 30.9 Å². The molecule has 4 rings (SSSR count). The monoisotopic (exact) mass is 342 g/mol. The van der Waals surface area contributed by atoms with Gasteiger partial charge in [-0.3, -0.25) is 9.88 Å². The van der Waals surface area contributed by atoms with Gasteiger partial charge in [0.2, 0.25) is 0 Å². The molecule has 2 aliphatic rings. The molecule has 0 amide bonds. The molecule has 2 heterocycles. The van der Waals surface area contributed by atoms with Crippen molar-refractivity contribution < 1.29 is 4.74 Å². The van der Waals surface area contributed by atoms with E-state index in [0.717, 1.165) is 42.6 Å². The smallest absolute Gasteiger partial charge is 0.146 e. The number of ether oxygens (including phenoxy) is 1. The molecular formula is C19H21ClN3O. The molecule has 125 valence electrons. The van der Waals surface area contributed by atoms with Gasteiger partial charge in [0.25, 0.3) is 0 Å². The van der Waals surface area contributed by atoms with Crippen molar-refractivity contribution in [3.05, 3.63) is 53.3 Å². The van der Waals surface area contributed by atoms with Crippen molar-refractivity contribution in [1.82, 2.24) is 15.2 Å². The van der Waals surface area contributed by atoms with E-state index in [-0.39, 0.29) is 6.04 Å². The Kier molecular flexibility index (Phi) is 4.69. The third-order valence-electron chi connectivity index (χ3n) is 4.59. The molecule has 1 radical (unpaired) electrons. The molecular weight excluding hydrogens is 322 g/mol. The summed E-state index contributed by atoms with van der Waals surface area (Å²) in [6.07, 6.45) is 7.49. The van der Waals surface area contributed by atoms with Gasteiger partial charge in [0.15, 0.2) is 0 Å². The molecule has 0 N–H and O–H groups in total. The van der Waals surface area contributed by atoms with E-state index in [2.05, 4.69) is 16.0 Å². The van der Waals surface area contributed by atoms with E-state index in [9.17, 15) is 0 Å². The van der Waals surface area contributed by atoms with Crippen LogP contribution in [0.4, 0.5) is 0 Å². The molecule has 5 heteroatoms. The molecule has 0 spiro atoms. The molecule has 0 bridgehead atoms. The van der Waals surface area contributed by atoms with Gasteiger partial charge < -0.3 is 4.74 Å². The van der Waals surface area contributed by atoms with Crippen LogP contribution in [-0.4, -0.2) is 35.6 Å². The summed E-state index contributed by atoms with van der Waals surface area (Å²) in [6, 6.07) is 10.4. The van der Waals surface area contributed by atoms with Crippen LogP contribution >= 0.6 is 11.6 Å². The molecule has 1 atom stereocenters. The maximum Gasteiger partial charge on any atom is 0.146 e. The lowest BCUT2D eigenvalue weighted by Crippen LogP contribution is -2.31. The predicted octanol–water partition coefficient (Wildman–Crippen LogP) is 4.04. The normalized spacial score (nSPS) is 22.1. The minimum atomic E-state index is 0.189. The maximum absolute atomic E-state index is 5.92. The fraction of sp³-hybridized carbons (Fsp3) is 0.421. The van der Waals surface area contributed by atoms with Crippen LogP contribution in [0.2, 0.25) is 5.02 Å². The fourth-order valence-corrected chi connectivity index (χ4v) is 3.31. The number of hydrogen-bond donors (Lipinski definition) is 0. The van der Waals surface area contributed by atoms with E-state index < -0.39 is 0 Å². The van der Waals surface area contributed by atoms with Crippen LogP contribution in [0.25, 0.3) is 0 Å². The average molecular weight is 343 g/mol. The first kappa shape index (κ1) is 15.9. The van der Waals surface area contributed by atoms with Gasteiger partial charge in [-0.1, -0.05) is 11.6 Å². The highest BCUT2D eigenvalue weighted by atomic mass is 35.5. The van der Waals surface area contributed by atoms with E-state index >= 15 is 0 Å². The molecule has 1 saturated heterocycles. The fourth-order valence-electron chi connectivity index (χ4n) is 3.19. The Morgan fingerprint density at radius 2 is 1.92 bits per heavy atom. The molecule has 1 aromatic heterocycles. The van der Waals surface area contributed by atoms with Crippen molar-refractivity contribution in [1.29, 1.82) is 0 Å². The molecule has 1 aromatic carbocycles. The zero-order valence-electron chi connectivity index (χ0n) is 13.6.